The maximum Gasteiger partial charge on any atom is 0.236 e. The van der Waals surface area contributed by atoms with Gasteiger partial charge in [0.05, 0.1) is 17.9 Å². The summed E-state index contributed by atoms with van der Waals surface area (Å²) in [7, 11) is 1.91. The summed E-state index contributed by atoms with van der Waals surface area (Å²) in [4.78, 5) is 13.8. The van der Waals surface area contributed by atoms with Gasteiger partial charge in [0.2, 0.25) is 5.91 Å². The molecule has 1 amide bonds. The Morgan fingerprint density at radius 2 is 2.37 bits per heavy atom. The first-order valence-electron chi connectivity index (χ1n) is 6.36. The van der Waals surface area contributed by atoms with Crippen LogP contribution in [-0.4, -0.2) is 40.9 Å². The fraction of sp³-hybridized carbons (Fsp3) is 0.667. The number of carbonyl (C=O) groups is 1. The van der Waals surface area contributed by atoms with Crippen molar-refractivity contribution in [2.45, 2.75) is 31.8 Å². The first kappa shape index (κ1) is 15.8. The first-order chi connectivity index (χ1) is 8.56. The van der Waals surface area contributed by atoms with E-state index >= 15 is 0 Å². The molecule has 3 N–H and O–H groups in total. The highest BCUT2D eigenvalue weighted by atomic mass is 35.5. The number of nitrogens with zero attached hydrogens (tertiary/aromatic N) is 3. The van der Waals surface area contributed by atoms with Crippen molar-refractivity contribution < 1.29 is 4.79 Å². The van der Waals surface area contributed by atoms with Gasteiger partial charge < -0.3 is 16.0 Å². The molecule has 1 saturated heterocycles. The van der Waals surface area contributed by atoms with Crippen LogP contribution in [0.2, 0.25) is 0 Å². The van der Waals surface area contributed by atoms with Crippen molar-refractivity contribution >= 4 is 24.0 Å². The molecule has 108 valence electrons. The number of carbonyl (C=O) groups excluding carboxylic acids is 1. The Morgan fingerprint density at radius 1 is 1.63 bits per heavy atom. The number of halogens is 1. The van der Waals surface area contributed by atoms with Crippen molar-refractivity contribution in [2.24, 2.45) is 12.8 Å². The molecule has 1 aromatic heterocycles. The molecule has 0 radical (unpaired) electrons. The normalized spacial score (nSPS) is 20.6. The van der Waals surface area contributed by atoms with Crippen LogP contribution in [0.4, 0.5) is 5.69 Å². The van der Waals surface area contributed by atoms with Crippen LogP contribution >= 0.6 is 12.4 Å². The summed E-state index contributed by atoms with van der Waals surface area (Å²) in [6, 6.07) is -0.267. The number of nitrogens with one attached hydrogen (secondary N) is 1. The molecular formula is C12H22ClN5O. The van der Waals surface area contributed by atoms with E-state index in [2.05, 4.69) is 15.3 Å². The van der Waals surface area contributed by atoms with E-state index in [4.69, 9.17) is 5.73 Å². The van der Waals surface area contributed by atoms with Gasteiger partial charge in [-0.2, -0.15) is 5.10 Å². The van der Waals surface area contributed by atoms with Gasteiger partial charge in [0.1, 0.15) is 0 Å². The van der Waals surface area contributed by atoms with Crippen molar-refractivity contribution in [2.75, 3.05) is 18.0 Å². The van der Waals surface area contributed by atoms with Crippen LogP contribution < -0.4 is 16.0 Å². The molecule has 1 aliphatic heterocycles. The average molecular weight is 288 g/mol. The predicted molar refractivity (Wildman–Crippen MR) is 77.5 cm³/mol. The smallest absolute Gasteiger partial charge is 0.236 e. The Hall–Kier alpha value is -1.27. The maximum atomic E-state index is 11.6. The summed E-state index contributed by atoms with van der Waals surface area (Å²) in [6.45, 7) is 3.54. The van der Waals surface area contributed by atoms with E-state index in [0.717, 1.165) is 31.6 Å². The molecule has 2 rings (SSSR count). The number of hydrogen-bond donors (Lipinski definition) is 2. The zero-order chi connectivity index (χ0) is 13.1. The van der Waals surface area contributed by atoms with Crippen molar-refractivity contribution in [3.63, 3.8) is 0 Å². The minimum atomic E-state index is -0.446. The number of hydrogen-bond acceptors (Lipinski definition) is 4. The van der Waals surface area contributed by atoms with Gasteiger partial charge in [-0.1, -0.05) is 0 Å². The van der Waals surface area contributed by atoms with Gasteiger partial charge in [0.25, 0.3) is 0 Å². The molecule has 0 saturated carbocycles. The van der Waals surface area contributed by atoms with E-state index < -0.39 is 6.04 Å². The molecule has 1 fully saturated rings. The van der Waals surface area contributed by atoms with Gasteiger partial charge in [-0.15, -0.1) is 12.4 Å². The molecule has 2 unspecified atom stereocenters. The Morgan fingerprint density at radius 3 is 2.95 bits per heavy atom. The summed E-state index contributed by atoms with van der Waals surface area (Å²) < 4.78 is 1.79. The second-order valence-electron chi connectivity index (χ2n) is 4.95. The third-order valence-corrected chi connectivity index (χ3v) is 3.24. The molecule has 0 aliphatic carbocycles. The molecular weight excluding hydrogens is 266 g/mol. The van der Waals surface area contributed by atoms with Crippen LogP contribution in [0.15, 0.2) is 12.4 Å². The molecule has 1 aliphatic rings. The second-order valence-corrected chi connectivity index (χ2v) is 4.95. The van der Waals surface area contributed by atoms with Crippen molar-refractivity contribution in [1.29, 1.82) is 0 Å². The van der Waals surface area contributed by atoms with Crippen LogP contribution in [-0.2, 0) is 11.8 Å². The lowest BCUT2D eigenvalue weighted by Gasteiger charge is -2.34. The Bertz CT molecular complexity index is 420. The average Bonchev–Trinajstić information content (AvgIpc) is 2.76. The zero-order valence-electron chi connectivity index (χ0n) is 11.4. The standard InChI is InChI=1S/C12H21N5O.ClH/c1-9(13)12(18)15-10-4-3-5-17(7-10)11-6-14-16(2)8-11;/h6,8-10H,3-5,7,13H2,1-2H3,(H,15,18);1H. The van der Waals surface area contributed by atoms with E-state index in [1.54, 1.807) is 11.6 Å². The van der Waals surface area contributed by atoms with Crippen LogP contribution in [0.3, 0.4) is 0 Å². The molecule has 6 nitrogen and oxygen atoms in total. The number of piperidine rings is 1. The summed E-state index contributed by atoms with van der Waals surface area (Å²) in [5, 5.41) is 7.17. The Labute approximate surface area is 119 Å². The third kappa shape index (κ3) is 4.11. The van der Waals surface area contributed by atoms with Crippen molar-refractivity contribution in [3.8, 4) is 0 Å². The first-order valence-corrected chi connectivity index (χ1v) is 6.36. The largest absolute Gasteiger partial charge is 0.367 e. The molecule has 19 heavy (non-hydrogen) atoms. The van der Waals surface area contributed by atoms with Gasteiger partial charge >= 0.3 is 0 Å². The van der Waals surface area contributed by atoms with E-state index in [1.807, 2.05) is 19.4 Å². The summed E-state index contributed by atoms with van der Waals surface area (Å²) in [5.74, 6) is -0.0759. The molecule has 2 heterocycles. The number of rotatable bonds is 3. The minimum Gasteiger partial charge on any atom is -0.367 e. The summed E-state index contributed by atoms with van der Waals surface area (Å²) in [6.07, 6.45) is 5.93. The molecule has 0 bridgehead atoms. The van der Waals surface area contributed by atoms with Gasteiger partial charge in [-0.3, -0.25) is 9.48 Å². The van der Waals surface area contributed by atoms with Crippen LogP contribution in [0.5, 0.6) is 0 Å². The SMILES string of the molecule is CC(N)C(=O)NC1CCCN(c2cnn(C)c2)C1.Cl. The number of nitrogens with two attached hydrogens (primary N) is 1. The predicted octanol–water partition coefficient (Wildman–Crippen LogP) is 0.274. The number of aryl methyl sites for hydroxylation is 1. The number of amides is 1. The van der Waals surface area contributed by atoms with E-state index in [9.17, 15) is 4.79 Å². The highest BCUT2D eigenvalue weighted by Gasteiger charge is 2.23. The lowest BCUT2D eigenvalue weighted by Crippen LogP contribution is -2.51. The second kappa shape index (κ2) is 6.77. The van der Waals surface area contributed by atoms with Crippen LogP contribution in [0.1, 0.15) is 19.8 Å². The van der Waals surface area contributed by atoms with E-state index in [0.29, 0.717) is 0 Å². The summed E-state index contributed by atoms with van der Waals surface area (Å²) in [5.41, 5.74) is 6.67. The lowest BCUT2D eigenvalue weighted by atomic mass is 10.1. The van der Waals surface area contributed by atoms with Crippen LogP contribution in [0, 0.1) is 0 Å². The maximum absolute atomic E-state index is 11.6. The quantitative estimate of drug-likeness (QED) is 0.837. The fourth-order valence-electron chi connectivity index (χ4n) is 2.23. The molecule has 1 aromatic rings. The minimum absolute atomic E-state index is 0. The van der Waals surface area contributed by atoms with Gasteiger partial charge in [0.15, 0.2) is 0 Å². The Balaban J connectivity index is 0.00000180. The highest BCUT2D eigenvalue weighted by Crippen LogP contribution is 2.18. The van der Waals surface area contributed by atoms with Gasteiger partial charge in [-0.25, -0.2) is 0 Å². The topological polar surface area (TPSA) is 76.2 Å². The van der Waals surface area contributed by atoms with Gasteiger partial charge in [0, 0.05) is 32.4 Å². The molecule has 0 aromatic carbocycles. The Kier molecular flexibility index (Phi) is 5.62. The lowest BCUT2D eigenvalue weighted by molar-refractivity contribution is -0.122. The highest BCUT2D eigenvalue weighted by molar-refractivity contribution is 5.85. The van der Waals surface area contributed by atoms with E-state index in [1.165, 1.54) is 0 Å². The number of anilines is 1. The third-order valence-electron chi connectivity index (χ3n) is 3.24. The number of aromatic nitrogens is 2. The molecule has 7 heteroatoms. The molecule has 2 atom stereocenters. The van der Waals surface area contributed by atoms with Crippen molar-refractivity contribution in [1.82, 2.24) is 15.1 Å². The summed E-state index contributed by atoms with van der Waals surface area (Å²) >= 11 is 0. The molecule has 0 spiro atoms. The van der Waals surface area contributed by atoms with Gasteiger partial charge in [-0.05, 0) is 19.8 Å². The van der Waals surface area contributed by atoms with Crippen molar-refractivity contribution in [3.05, 3.63) is 12.4 Å². The monoisotopic (exact) mass is 287 g/mol. The zero-order valence-corrected chi connectivity index (χ0v) is 12.2. The van der Waals surface area contributed by atoms with Crippen LogP contribution in [0.25, 0.3) is 0 Å². The fourth-order valence-corrected chi connectivity index (χ4v) is 2.23. The van der Waals surface area contributed by atoms with E-state index in [-0.39, 0.29) is 24.4 Å².